The number of sulfone groups is 1. The molecular weight excluding hydrogens is 214 g/mol. The van der Waals surface area contributed by atoms with Crippen molar-refractivity contribution >= 4 is 15.5 Å². The monoisotopic (exact) mass is 229 g/mol. The fourth-order valence-corrected chi connectivity index (χ4v) is 2.36. The second-order valence-electron chi connectivity index (χ2n) is 3.50. The van der Waals surface area contributed by atoms with Crippen molar-refractivity contribution in [1.29, 1.82) is 0 Å². The van der Waals surface area contributed by atoms with Gasteiger partial charge in [-0.1, -0.05) is 0 Å². The molecule has 4 nitrogen and oxygen atoms in total. The molecule has 1 rings (SSSR count). The lowest BCUT2D eigenvalue weighted by atomic mass is 10.3. The molecule has 1 aromatic carbocycles. The summed E-state index contributed by atoms with van der Waals surface area (Å²) in [5.74, 6) is 0.295. The molecule has 0 aliphatic rings. The van der Waals surface area contributed by atoms with Crippen molar-refractivity contribution in [1.82, 2.24) is 0 Å². The molecule has 0 heterocycles. The van der Waals surface area contributed by atoms with Crippen molar-refractivity contribution in [3.63, 3.8) is 0 Å². The number of nitrogens with two attached hydrogens (primary N) is 1. The van der Waals surface area contributed by atoms with Crippen molar-refractivity contribution in [2.75, 3.05) is 12.8 Å². The summed E-state index contributed by atoms with van der Waals surface area (Å²) in [5.41, 5.74) is 6.03. The first kappa shape index (κ1) is 11.8. The molecule has 0 saturated carbocycles. The highest BCUT2D eigenvalue weighted by Gasteiger charge is 2.23. The minimum absolute atomic E-state index is 0.189. The molecule has 0 aliphatic carbocycles. The van der Waals surface area contributed by atoms with E-state index in [0.717, 1.165) is 0 Å². The van der Waals surface area contributed by atoms with Crippen LogP contribution >= 0.6 is 0 Å². The molecule has 0 radical (unpaired) electrons. The summed E-state index contributed by atoms with van der Waals surface area (Å²) < 4.78 is 28.8. The fraction of sp³-hybridized carbons (Fsp3) is 0.400. The zero-order chi connectivity index (χ0) is 11.6. The lowest BCUT2D eigenvalue weighted by molar-refractivity contribution is 0.403. The van der Waals surface area contributed by atoms with Crippen LogP contribution < -0.4 is 10.5 Å². The van der Waals surface area contributed by atoms with Gasteiger partial charge in [-0.25, -0.2) is 8.42 Å². The van der Waals surface area contributed by atoms with E-state index in [4.69, 9.17) is 10.5 Å². The fourth-order valence-electron chi connectivity index (χ4n) is 1.17. The largest absolute Gasteiger partial charge is 0.495 e. The van der Waals surface area contributed by atoms with Gasteiger partial charge in [0.2, 0.25) is 0 Å². The Hall–Kier alpha value is -1.23. The van der Waals surface area contributed by atoms with E-state index in [0.29, 0.717) is 11.4 Å². The molecule has 0 fully saturated rings. The van der Waals surface area contributed by atoms with Crippen molar-refractivity contribution in [2.45, 2.75) is 24.0 Å². The quantitative estimate of drug-likeness (QED) is 0.797. The van der Waals surface area contributed by atoms with Crippen LogP contribution in [0.1, 0.15) is 13.8 Å². The molecule has 0 spiro atoms. The molecule has 84 valence electrons. The van der Waals surface area contributed by atoms with E-state index >= 15 is 0 Å². The van der Waals surface area contributed by atoms with Crippen LogP contribution in [0.2, 0.25) is 0 Å². The number of anilines is 1. The molecule has 0 atom stereocenters. The highest BCUT2D eigenvalue weighted by atomic mass is 32.2. The Bertz CT molecular complexity index is 452. The van der Waals surface area contributed by atoms with Gasteiger partial charge >= 0.3 is 0 Å². The van der Waals surface area contributed by atoms with Gasteiger partial charge in [0.25, 0.3) is 0 Å². The van der Waals surface area contributed by atoms with Crippen molar-refractivity contribution in [2.24, 2.45) is 0 Å². The Kier molecular flexibility index (Phi) is 3.24. The first-order chi connectivity index (χ1) is 6.89. The van der Waals surface area contributed by atoms with Gasteiger partial charge in [-0.15, -0.1) is 0 Å². The maximum atomic E-state index is 11.9. The van der Waals surface area contributed by atoms with Crippen LogP contribution in [0.4, 0.5) is 5.69 Å². The first-order valence-electron chi connectivity index (χ1n) is 4.57. The summed E-state index contributed by atoms with van der Waals surface area (Å²) in [6.45, 7) is 3.26. The van der Waals surface area contributed by atoms with E-state index in [-0.39, 0.29) is 4.90 Å². The predicted molar refractivity (Wildman–Crippen MR) is 59.7 cm³/mol. The average molecular weight is 229 g/mol. The highest BCUT2D eigenvalue weighted by molar-refractivity contribution is 7.92. The second kappa shape index (κ2) is 4.10. The number of nitrogen functional groups attached to an aromatic ring is 1. The standard InChI is InChI=1S/C10H15NO3S/c1-7(2)15(12,13)10-5-4-8(11)6-9(10)14-3/h4-7H,11H2,1-3H3. The number of ether oxygens (including phenoxy) is 1. The van der Waals surface area contributed by atoms with Crippen LogP contribution in [0.15, 0.2) is 23.1 Å². The zero-order valence-electron chi connectivity index (χ0n) is 9.02. The maximum absolute atomic E-state index is 11.9. The third kappa shape index (κ3) is 2.23. The number of methoxy groups -OCH3 is 1. The predicted octanol–water partition coefficient (Wildman–Crippen LogP) is 1.46. The van der Waals surface area contributed by atoms with Crippen LogP contribution in [-0.4, -0.2) is 20.8 Å². The van der Waals surface area contributed by atoms with Gasteiger partial charge in [-0.3, -0.25) is 0 Å². The topological polar surface area (TPSA) is 69.4 Å². The molecule has 0 aromatic heterocycles. The molecule has 1 aromatic rings. The Morgan fingerprint density at radius 1 is 1.33 bits per heavy atom. The molecular formula is C10H15NO3S. The van der Waals surface area contributed by atoms with E-state index in [2.05, 4.69) is 0 Å². The maximum Gasteiger partial charge on any atom is 0.184 e. The number of benzene rings is 1. The third-order valence-corrected chi connectivity index (χ3v) is 4.31. The molecule has 0 bridgehead atoms. The van der Waals surface area contributed by atoms with Gasteiger partial charge in [0.05, 0.1) is 12.4 Å². The molecule has 2 N–H and O–H groups in total. The normalized spacial score (nSPS) is 11.7. The summed E-state index contributed by atoms with van der Waals surface area (Å²) in [4.78, 5) is 0.189. The van der Waals surface area contributed by atoms with Gasteiger partial charge in [0.1, 0.15) is 10.6 Å². The van der Waals surface area contributed by atoms with Gasteiger partial charge < -0.3 is 10.5 Å². The average Bonchev–Trinajstić information content (AvgIpc) is 2.16. The van der Waals surface area contributed by atoms with Crippen molar-refractivity contribution < 1.29 is 13.2 Å². The number of hydrogen-bond acceptors (Lipinski definition) is 4. The third-order valence-electron chi connectivity index (χ3n) is 2.11. The highest BCUT2D eigenvalue weighted by Crippen LogP contribution is 2.28. The van der Waals surface area contributed by atoms with Gasteiger partial charge in [0, 0.05) is 11.8 Å². The lowest BCUT2D eigenvalue weighted by Gasteiger charge is -2.12. The Morgan fingerprint density at radius 2 is 1.93 bits per heavy atom. The molecule has 0 unspecified atom stereocenters. The Labute approximate surface area is 90.0 Å². The lowest BCUT2D eigenvalue weighted by Crippen LogP contribution is -2.15. The van der Waals surface area contributed by atoms with Crippen molar-refractivity contribution in [3.8, 4) is 5.75 Å². The van der Waals surface area contributed by atoms with Crippen LogP contribution in [0, 0.1) is 0 Å². The van der Waals surface area contributed by atoms with E-state index in [9.17, 15) is 8.42 Å². The van der Waals surface area contributed by atoms with Crippen LogP contribution in [0.25, 0.3) is 0 Å². The van der Waals surface area contributed by atoms with E-state index in [1.54, 1.807) is 19.9 Å². The van der Waals surface area contributed by atoms with Gasteiger partial charge in [0.15, 0.2) is 9.84 Å². The van der Waals surface area contributed by atoms with Crippen LogP contribution in [0.3, 0.4) is 0 Å². The van der Waals surface area contributed by atoms with E-state index < -0.39 is 15.1 Å². The van der Waals surface area contributed by atoms with E-state index in [1.165, 1.54) is 19.2 Å². The minimum Gasteiger partial charge on any atom is -0.495 e. The van der Waals surface area contributed by atoms with Crippen LogP contribution in [-0.2, 0) is 9.84 Å². The molecule has 15 heavy (non-hydrogen) atoms. The summed E-state index contributed by atoms with van der Waals surface area (Å²) in [5, 5.41) is -0.477. The summed E-state index contributed by atoms with van der Waals surface area (Å²) in [6.07, 6.45) is 0. The number of hydrogen-bond donors (Lipinski definition) is 1. The Balaban J connectivity index is 3.38. The van der Waals surface area contributed by atoms with Crippen LogP contribution in [0.5, 0.6) is 5.75 Å². The SMILES string of the molecule is COc1cc(N)ccc1S(=O)(=O)C(C)C. The van der Waals surface area contributed by atoms with E-state index in [1.807, 2.05) is 0 Å². The molecule has 0 saturated heterocycles. The summed E-state index contributed by atoms with van der Waals surface area (Å²) >= 11 is 0. The molecule has 0 amide bonds. The molecule has 0 aliphatic heterocycles. The Morgan fingerprint density at radius 3 is 2.40 bits per heavy atom. The molecule has 5 heteroatoms. The smallest absolute Gasteiger partial charge is 0.184 e. The number of rotatable bonds is 3. The summed E-state index contributed by atoms with van der Waals surface area (Å²) in [6, 6.07) is 4.54. The second-order valence-corrected chi connectivity index (χ2v) is 5.98. The minimum atomic E-state index is -3.32. The van der Waals surface area contributed by atoms with Gasteiger partial charge in [-0.2, -0.15) is 0 Å². The van der Waals surface area contributed by atoms with Crippen molar-refractivity contribution in [3.05, 3.63) is 18.2 Å². The first-order valence-corrected chi connectivity index (χ1v) is 6.11. The zero-order valence-corrected chi connectivity index (χ0v) is 9.84. The van der Waals surface area contributed by atoms with Gasteiger partial charge in [-0.05, 0) is 26.0 Å². The summed E-state index contributed by atoms with van der Waals surface area (Å²) in [7, 11) is -1.89.